The molecule has 0 saturated carbocycles. The highest BCUT2D eigenvalue weighted by atomic mass is 16.5. The average Bonchev–Trinajstić information content (AvgIpc) is 3.31. The Morgan fingerprint density at radius 2 is 1.78 bits per heavy atom. The van der Waals surface area contributed by atoms with Gasteiger partial charge in [0, 0.05) is 41.8 Å². The molecule has 1 aliphatic heterocycles. The van der Waals surface area contributed by atoms with Crippen molar-refractivity contribution in [2.75, 3.05) is 20.8 Å². The predicted molar refractivity (Wildman–Crippen MR) is 126 cm³/mol. The topological polar surface area (TPSA) is 43.7 Å². The van der Waals surface area contributed by atoms with Crippen LogP contribution in [0.4, 0.5) is 0 Å². The molecule has 5 heteroatoms. The molecule has 2 aliphatic rings. The van der Waals surface area contributed by atoms with Crippen molar-refractivity contribution in [3.8, 4) is 11.5 Å². The Hall–Kier alpha value is -3.21. The van der Waals surface area contributed by atoms with Gasteiger partial charge in [0.2, 0.25) is 0 Å². The number of nitrogens with zero attached hydrogens (tertiary/aromatic N) is 2. The first-order valence-corrected chi connectivity index (χ1v) is 11.4. The lowest BCUT2D eigenvalue weighted by molar-refractivity contribution is -0.127. The van der Waals surface area contributed by atoms with Gasteiger partial charge in [0.25, 0.3) is 5.91 Å². The molecule has 1 aliphatic carbocycles. The number of hydrogen-bond donors (Lipinski definition) is 0. The molecule has 5 rings (SSSR count). The highest BCUT2D eigenvalue weighted by Crippen LogP contribution is 2.46. The summed E-state index contributed by atoms with van der Waals surface area (Å²) in [6.45, 7) is 0.676. The minimum absolute atomic E-state index is 0.0315. The Balaban J connectivity index is 1.50. The van der Waals surface area contributed by atoms with Crippen molar-refractivity contribution < 1.29 is 14.3 Å². The van der Waals surface area contributed by atoms with Crippen LogP contribution in [-0.2, 0) is 18.3 Å². The zero-order valence-corrected chi connectivity index (χ0v) is 19.1. The van der Waals surface area contributed by atoms with Gasteiger partial charge < -0.3 is 18.9 Å². The van der Waals surface area contributed by atoms with Crippen LogP contribution in [-0.4, -0.2) is 36.1 Å². The summed E-state index contributed by atoms with van der Waals surface area (Å²) in [5.74, 6) is 1.66. The van der Waals surface area contributed by atoms with Crippen molar-refractivity contribution in [3.05, 3.63) is 70.9 Å². The van der Waals surface area contributed by atoms with Crippen molar-refractivity contribution in [1.82, 2.24) is 9.47 Å². The van der Waals surface area contributed by atoms with Gasteiger partial charge in [0.1, 0.15) is 0 Å². The lowest BCUT2D eigenvalue weighted by atomic mass is 9.87. The fraction of sp³-hybridized carbons (Fsp3) is 0.370. The summed E-state index contributed by atoms with van der Waals surface area (Å²) >= 11 is 0. The smallest absolute Gasteiger partial charge is 0.250 e. The molecule has 0 radical (unpaired) electrons. The molecule has 0 N–H and O–H groups in total. The number of amides is 1. The van der Waals surface area contributed by atoms with E-state index in [9.17, 15) is 4.79 Å². The van der Waals surface area contributed by atoms with E-state index in [0.717, 1.165) is 54.7 Å². The summed E-state index contributed by atoms with van der Waals surface area (Å²) in [6, 6.07) is 14.5. The normalized spacial score (nSPS) is 18.4. The van der Waals surface area contributed by atoms with Crippen molar-refractivity contribution >= 4 is 16.8 Å². The largest absolute Gasteiger partial charge is 0.493 e. The molecule has 0 spiro atoms. The number of carbonyl (C=O) groups is 1. The maximum Gasteiger partial charge on any atom is 0.250 e. The quantitative estimate of drug-likeness (QED) is 0.540. The zero-order valence-electron chi connectivity index (χ0n) is 19.1. The Morgan fingerprint density at radius 3 is 2.59 bits per heavy atom. The van der Waals surface area contributed by atoms with Gasteiger partial charge >= 0.3 is 0 Å². The summed E-state index contributed by atoms with van der Waals surface area (Å²) in [7, 11) is 5.39. The van der Waals surface area contributed by atoms with Gasteiger partial charge in [0.15, 0.2) is 11.5 Å². The van der Waals surface area contributed by atoms with Crippen molar-refractivity contribution in [2.24, 2.45) is 7.05 Å². The third kappa shape index (κ3) is 3.36. The van der Waals surface area contributed by atoms with Crippen LogP contribution in [0.5, 0.6) is 11.5 Å². The Kier molecular flexibility index (Phi) is 5.41. The molecule has 5 nitrogen and oxygen atoms in total. The van der Waals surface area contributed by atoms with Crippen LogP contribution in [0.3, 0.4) is 0 Å². The van der Waals surface area contributed by atoms with E-state index < -0.39 is 0 Å². The van der Waals surface area contributed by atoms with E-state index in [1.165, 1.54) is 22.0 Å². The highest BCUT2D eigenvalue weighted by Gasteiger charge is 2.41. The van der Waals surface area contributed by atoms with Gasteiger partial charge in [-0.1, -0.05) is 24.3 Å². The molecule has 1 amide bonds. The molecule has 32 heavy (non-hydrogen) atoms. The van der Waals surface area contributed by atoms with Crippen LogP contribution in [0, 0.1) is 0 Å². The number of methoxy groups -OCH3 is 2. The molecular weight excluding hydrogens is 400 g/mol. The summed E-state index contributed by atoms with van der Waals surface area (Å²) in [4.78, 5) is 15.6. The second kappa shape index (κ2) is 8.38. The molecule has 166 valence electrons. The molecule has 0 saturated heterocycles. The number of rotatable bonds is 6. The first-order valence-electron chi connectivity index (χ1n) is 11.4. The van der Waals surface area contributed by atoms with Crippen LogP contribution >= 0.6 is 0 Å². The van der Waals surface area contributed by atoms with E-state index in [0.29, 0.717) is 6.54 Å². The molecule has 0 fully saturated rings. The summed E-state index contributed by atoms with van der Waals surface area (Å²) in [6.07, 6.45) is 7.18. The van der Waals surface area contributed by atoms with Crippen LogP contribution in [0.2, 0.25) is 0 Å². The van der Waals surface area contributed by atoms with Gasteiger partial charge in [-0.25, -0.2) is 0 Å². The van der Waals surface area contributed by atoms with Gasteiger partial charge in [0.05, 0.1) is 20.3 Å². The van der Waals surface area contributed by atoms with Crippen LogP contribution < -0.4 is 9.47 Å². The second-order valence-electron chi connectivity index (χ2n) is 8.76. The molecule has 2 heterocycles. The Morgan fingerprint density at radius 1 is 1.00 bits per heavy atom. The number of para-hydroxylation sites is 1. The first kappa shape index (κ1) is 20.7. The van der Waals surface area contributed by atoms with Crippen LogP contribution in [0.15, 0.2) is 59.8 Å². The predicted octanol–water partition coefficient (Wildman–Crippen LogP) is 5.19. The van der Waals surface area contributed by atoms with E-state index in [4.69, 9.17) is 9.47 Å². The van der Waals surface area contributed by atoms with Crippen molar-refractivity contribution in [1.29, 1.82) is 0 Å². The van der Waals surface area contributed by atoms with E-state index >= 15 is 0 Å². The molecular formula is C27H30N2O3. The molecule has 1 atom stereocenters. The Labute approximate surface area is 189 Å². The average molecular weight is 431 g/mol. The van der Waals surface area contributed by atoms with Crippen LogP contribution in [0.25, 0.3) is 10.9 Å². The summed E-state index contributed by atoms with van der Waals surface area (Å²) < 4.78 is 13.0. The monoisotopic (exact) mass is 430 g/mol. The number of benzene rings is 2. The molecule has 0 bridgehead atoms. The maximum absolute atomic E-state index is 13.5. The zero-order chi connectivity index (χ0) is 22.2. The van der Waals surface area contributed by atoms with Gasteiger partial charge in [-0.15, -0.1) is 0 Å². The van der Waals surface area contributed by atoms with E-state index in [-0.39, 0.29) is 11.9 Å². The van der Waals surface area contributed by atoms with Crippen LogP contribution in [0.1, 0.15) is 42.9 Å². The van der Waals surface area contributed by atoms with E-state index in [1.807, 2.05) is 12.1 Å². The fourth-order valence-corrected chi connectivity index (χ4v) is 5.42. The summed E-state index contributed by atoms with van der Waals surface area (Å²) in [5.41, 5.74) is 5.98. The van der Waals surface area contributed by atoms with Crippen molar-refractivity contribution in [2.45, 2.75) is 38.1 Å². The number of ether oxygens (including phenoxy) is 2. The SMILES string of the molecule is COc1ccc(CCN2C(=O)C3=C(CCCC3)[C@@H]2c2cn(C)c3ccccc23)cc1OC. The standard InChI is InChI=1S/C27H30N2O3/c1-28-17-22(19-8-6-7-11-23(19)28)26-20-9-4-5-10-21(20)27(30)29(26)15-14-18-12-13-24(31-2)25(16-18)32-3/h6-8,11-13,16-17,26H,4-5,9-10,14-15H2,1-3H3/t26-/m1/s1. The Bertz CT molecular complexity index is 1210. The van der Waals surface area contributed by atoms with E-state index in [2.05, 4.69) is 53.0 Å². The lowest BCUT2D eigenvalue weighted by Gasteiger charge is -2.28. The highest BCUT2D eigenvalue weighted by molar-refractivity contribution is 5.99. The molecule has 3 aromatic rings. The third-order valence-electron chi connectivity index (χ3n) is 6.98. The minimum atomic E-state index is 0.0315. The number of aryl methyl sites for hydroxylation is 1. The van der Waals surface area contributed by atoms with Crippen molar-refractivity contribution in [3.63, 3.8) is 0 Å². The molecule has 2 aromatic carbocycles. The summed E-state index contributed by atoms with van der Waals surface area (Å²) in [5, 5.41) is 1.24. The number of carbonyl (C=O) groups excluding carboxylic acids is 1. The second-order valence-corrected chi connectivity index (χ2v) is 8.76. The number of fused-ring (bicyclic) bond motifs is 1. The molecule has 1 aromatic heterocycles. The molecule has 0 unspecified atom stereocenters. The number of aromatic nitrogens is 1. The number of hydrogen-bond acceptors (Lipinski definition) is 3. The first-order chi connectivity index (χ1) is 15.6. The van der Waals surface area contributed by atoms with Gasteiger partial charge in [-0.05, 0) is 61.4 Å². The third-order valence-corrected chi connectivity index (χ3v) is 6.98. The van der Waals surface area contributed by atoms with E-state index in [1.54, 1.807) is 14.2 Å². The van der Waals surface area contributed by atoms with Gasteiger partial charge in [-0.2, -0.15) is 0 Å². The maximum atomic E-state index is 13.5. The lowest BCUT2D eigenvalue weighted by Crippen LogP contribution is -2.32. The fourth-order valence-electron chi connectivity index (χ4n) is 5.42. The van der Waals surface area contributed by atoms with Gasteiger partial charge in [-0.3, -0.25) is 4.79 Å². The minimum Gasteiger partial charge on any atom is -0.493 e.